The summed E-state index contributed by atoms with van der Waals surface area (Å²) in [5, 5.41) is 8.62. The Kier molecular flexibility index (Phi) is 5.86. The number of anilines is 2. The highest BCUT2D eigenvalue weighted by molar-refractivity contribution is 7.21. The number of hydrogen-bond acceptors (Lipinski definition) is 6. The number of piperazine rings is 1. The summed E-state index contributed by atoms with van der Waals surface area (Å²) in [5.74, 6) is 0.645. The minimum atomic E-state index is 0.100. The van der Waals surface area contributed by atoms with Gasteiger partial charge in [-0.25, -0.2) is 9.97 Å². The number of nitrogens with zero attached hydrogens (tertiary/aromatic N) is 3. The maximum Gasteiger partial charge on any atom is 0.264 e. The Bertz CT molecular complexity index is 1510. The predicted molar refractivity (Wildman–Crippen MR) is 143 cm³/mol. The number of hydrogen-bond donors (Lipinski definition) is 2. The Morgan fingerprint density at radius 1 is 0.971 bits per heavy atom. The molecule has 3 aromatic carbocycles. The van der Waals surface area contributed by atoms with E-state index >= 15 is 0 Å². The predicted octanol–water partition coefficient (Wildman–Crippen LogP) is 5.22. The number of nitrogens with one attached hydrogen (secondary N) is 2. The average molecular weight is 480 g/mol. The van der Waals surface area contributed by atoms with Crippen molar-refractivity contribution in [1.29, 1.82) is 0 Å². The lowest BCUT2D eigenvalue weighted by atomic mass is 10.0. The number of fused-ring (bicyclic) bond motifs is 3. The van der Waals surface area contributed by atoms with Crippen molar-refractivity contribution in [3.8, 4) is 0 Å². The van der Waals surface area contributed by atoms with Crippen LogP contribution in [0.2, 0.25) is 0 Å². The zero-order chi connectivity index (χ0) is 23.6. The van der Waals surface area contributed by atoms with Crippen LogP contribution in [-0.2, 0) is 6.42 Å². The van der Waals surface area contributed by atoms with Crippen LogP contribution in [-0.4, -0.2) is 47.0 Å². The minimum Gasteiger partial charge on any atom is -0.335 e. The Morgan fingerprint density at radius 2 is 1.80 bits per heavy atom. The molecule has 0 aliphatic carbocycles. The third kappa shape index (κ3) is 4.60. The Balaban J connectivity index is 1.29. The molecule has 6 nitrogen and oxygen atoms in total. The van der Waals surface area contributed by atoms with Crippen molar-refractivity contribution in [3.63, 3.8) is 0 Å². The van der Waals surface area contributed by atoms with Gasteiger partial charge in [0.1, 0.15) is 0 Å². The lowest BCUT2D eigenvalue weighted by molar-refractivity contribution is 0.0741. The fourth-order valence-corrected chi connectivity index (χ4v) is 5.55. The molecule has 0 atom stereocenters. The molecule has 1 fully saturated rings. The summed E-state index contributed by atoms with van der Waals surface area (Å²) in [6.45, 7) is 3.17. The van der Waals surface area contributed by atoms with Crippen LogP contribution >= 0.6 is 11.3 Å². The van der Waals surface area contributed by atoms with E-state index in [-0.39, 0.29) is 5.91 Å². The van der Waals surface area contributed by atoms with E-state index < -0.39 is 0 Å². The van der Waals surface area contributed by atoms with Crippen LogP contribution in [0.15, 0.2) is 79.0 Å². The van der Waals surface area contributed by atoms with Gasteiger partial charge in [-0.15, -0.1) is 11.3 Å². The van der Waals surface area contributed by atoms with Gasteiger partial charge in [-0.1, -0.05) is 42.5 Å². The molecule has 6 rings (SSSR count). The molecule has 1 aliphatic heterocycles. The van der Waals surface area contributed by atoms with E-state index in [1.807, 2.05) is 41.4 Å². The van der Waals surface area contributed by atoms with E-state index in [4.69, 9.17) is 4.98 Å². The SMILES string of the molecule is O=C(c1cc2c(ccc3cnc(Nc4cccc(Cc5ccccc5)c4)nc32)s1)N1CCNCC1. The lowest BCUT2D eigenvalue weighted by Gasteiger charge is -2.26. The fraction of sp³-hybridized carbons (Fsp3) is 0.179. The summed E-state index contributed by atoms with van der Waals surface area (Å²) in [6.07, 6.45) is 2.71. The van der Waals surface area contributed by atoms with E-state index in [2.05, 4.69) is 58.1 Å². The lowest BCUT2D eigenvalue weighted by Crippen LogP contribution is -2.46. The van der Waals surface area contributed by atoms with Crippen LogP contribution in [0.25, 0.3) is 21.0 Å². The molecule has 0 saturated carbocycles. The van der Waals surface area contributed by atoms with Gasteiger partial charge in [0.05, 0.1) is 10.4 Å². The Labute approximate surface area is 207 Å². The summed E-state index contributed by atoms with van der Waals surface area (Å²) in [4.78, 5) is 25.1. The van der Waals surface area contributed by atoms with Gasteiger partial charge in [0, 0.05) is 53.5 Å². The molecule has 7 heteroatoms. The number of amides is 1. The zero-order valence-electron chi connectivity index (χ0n) is 19.2. The van der Waals surface area contributed by atoms with Crippen LogP contribution < -0.4 is 10.6 Å². The first-order chi connectivity index (χ1) is 17.2. The number of carbonyl (C=O) groups excluding carboxylic acids is 1. The molecule has 1 amide bonds. The van der Waals surface area contributed by atoms with Crippen molar-refractivity contribution < 1.29 is 4.79 Å². The highest BCUT2D eigenvalue weighted by Gasteiger charge is 2.21. The smallest absolute Gasteiger partial charge is 0.264 e. The van der Waals surface area contributed by atoms with Crippen molar-refractivity contribution in [1.82, 2.24) is 20.2 Å². The van der Waals surface area contributed by atoms with Crippen molar-refractivity contribution in [2.75, 3.05) is 31.5 Å². The molecule has 2 aromatic heterocycles. The monoisotopic (exact) mass is 479 g/mol. The summed E-state index contributed by atoms with van der Waals surface area (Å²) >= 11 is 1.53. The van der Waals surface area contributed by atoms with Gasteiger partial charge in [-0.05, 0) is 47.9 Å². The van der Waals surface area contributed by atoms with E-state index in [0.717, 1.165) is 64.2 Å². The topological polar surface area (TPSA) is 70.2 Å². The minimum absolute atomic E-state index is 0.100. The second-order valence-electron chi connectivity index (χ2n) is 8.75. The Hall–Kier alpha value is -3.81. The van der Waals surface area contributed by atoms with Crippen molar-refractivity contribution in [2.24, 2.45) is 0 Å². The number of benzene rings is 3. The van der Waals surface area contributed by atoms with Gasteiger partial charge in [-0.3, -0.25) is 4.79 Å². The van der Waals surface area contributed by atoms with Crippen LogP contribution in [0.3, 0.4) is 0 Å². The molecule has 5 aromatic rings. The molecule has 2 N–H and O–H groups in total. The number of aromatic nitrogens is 2. The summed E-state index contributed by atoms with van der Waals surface area (Å²) in [5.41, 5.74) is 4.30. The van der Waals surface area contributed by atoms with E-state index in [1.165, 1.54) is 22.5 Å². The molecule has 0 radical (unpaired) electrons. The zero-order valence-corrected chi connectivity index (χ0v) is 20.0. The Morgan fingerprint density at radius 3 is 2.66 bits per heavy atom. The second kappa shape index (κ2) is 9.44. The first kappa shape index (κ1) is 21.7. The highest BCUT2D eigenvalue weighted by atomic mass is 32.1. The number of rotatable bonds is 5. The van der Waals surface area contributed by atoms with Gasteiger partial charge in [0.25, 0.3) is 5.91 Å². The molecule has 1 saturated heterocycles. The molecule has 174 valence electrons. The molecule has 1 aliphatic rings. The van der Waals surface area contributed by atoms with Crippen molar-refractivity contribution in [2.45, 2.75) is 6.42 Å². The highest BCUT2D eigenvalue weighted by Crippen LogP contribution is 2.32. The van der Waals surface area contributed by atoms with Gasteiger partial charge in [-0.2, -0.15) is 0 Å². The number of thiophene rings is 1. The van der Waals surface area contributed by atoms with Crippen LogP contribution in [0, 0.1) is 0 Å². The third-order valence-corrected chi connectivity index (χ3v) is 7.38. The van der Waals surface area contributed by atoms with E-state index in [9.17, 15) is 4.79 Å². The van der Waals surface area contributed by atoms with E-state index in [0.29, 0.717) is 5.95 Å². The van der Waals surface area contributed by atoms with Crippen molar-refractivity contribution >= 4 is 49.9 Å². The molecule has 0 bridgehead atoms. The molecule has 35 heavy (non-hydrogen) atoms. The largest absolute Gasteiger partial charge is 0.335 e. The summed E-state index contributed by atoms with van der Waals surface area (Å²) in [7, 11) is 0. The van der Waals surface area contributed by atoms with Gasteiger partial charge >= 0.3 is 0 Å². The summed E-state index contributed by atoms with van der Waals surface area (Å²) < 4.78 is 1.06. The molecular weight excluding hydrogens is 454 g/mol. The quantitative estimate of drug-likeness (QED) is 0.362. The first-order valence-electron chi connectivity index (χ1n) is 11.8. The maximum absolute atomic E-state index is 13.0. The molecule has 3 heterocycles. The molecule has 0 unspecified atom stereocenters. The fourth-order valence-electron chi connectivity index (χ4n) is 4.52. The van der Waals surface area contributed by atoms with Gasteiger partial charge in [0.15, 0.2) is 0 Å². The molecule has 0 spiro atoms. The van der Waals surface area contributed by atoms with Crippen LogP contribution in [0.5, 0.6) is 0 Å². The van der Waals surface area contributed by atoms with Crippen LogP contribution in [0.4, 0.5) is 11.6 Å². The van der Waals surface area contributed by atoms with E-state index in [1.54, 1.807) is 0 Å². The summed E-state index contributed by atoms with van der Waals surface area (Å²) in [6, 6.07) is 24.8. The van der Waals surface area contributed by atoms with Gasteiger partial charge < -0.3 is 15.5 Å². The van der Waals surface area contributed by atoms with Gasteiger partial charge in [0.2, 0.25) is 5.95 Å². The standard InChI is InChI=1S/C28H25N5OS/c34-27(33-13-11-29-12-14-33)25-17-23-24(35-25)10-9-21-18-30-28(32-26(21)23)31-22-8-4-7-20(16-22)15-19-5-2-1-3-6-19/h1-10,16-18,29H,11-15H2,(H,30,31,32). The molecular formula is C28H25N5OS. The third-order valence-electron chi connectivity index (χ3n) is 6.30. The normalized spacial score (nSPS) is 13.9. The maximum atomic E-state index is 13.0. The average Bonchev–Trinajstić information content (AvgIpc) is 3.35. The second-order valence-corrected chi connectivity index (χ2v) is 9.83. The first-order valence-corrected chi connectivity index (χ1v) is 12.6. The van der Waals surface area contributed by atoms with Crippen molar-refractivity contribution in [3.05, 3.63) is 95.0 Å². The number of carbonyl (C=O) groups is 1. The van der Waals surface area contributed by atoms with Crippen LogP contribution in [0.1, 0.15) is 20.8 Å².